The highest BCUT2D eigenvalue weighted by Crippen LogP contribution is 2.45. The molecule has 3 N–H and O–H groups in total. The van der Waals surface area contributed by atoms with Crippen molar-refractivity contribution in [2.45, 2.75) is 26.7 Å². The summed E-state index contributed by atoms with van der Waals surface area (Å²) in [6.07, 6.45) is 0. The van der Waals surface area contributed by atoms with Crippen molar-refractivity contribution in [3.63, 3.8) is 0 Å². The normalized spacial score (nSPS) is 12.3. The van der Waals surface area contributed by atoms with Crippen LogP contribution in [0.3, 0.4) is 0 Å². The molecule has 8 heteroatoms. The van der Waals surface area contributed by atoms with Crippen LogP contribution in [0.1, 0.15) is 56.5 Å². The quantitative estimate of drug-likeness (QED) is 0.561. The molecule has 7 nitrogen and oxygen atoms in total. The zero-order valence-corrected chi connectivity index (χ0v) is 19.5. The van der Waals surface area contributed by atoms with E-state index in [-0.39, 0.29) is 22.4 Å². The molecule has 0 atom stereocenters. The second kappa shape index (κ2) is 9.07. The molecular weight excluding hydrogens is 438 g/mol. The van der Waals surface area contributed by atoms with Gasteiger partial charge in [0, 0.05) is 24.2 Å². The van der Waals surface area contributed by atoms with Crippen LogP contribution in [0, 0.1) is 6.92 Å². The number of benzene rings is 2. The third-order valence-corrected chi connectivity index (χ3v) is 7.01. The number of nitrogens with two attached hydrogens (primary N) is 1. The summed E-state index contributed by atoms with van der Waals surface area (Å²) in [5.41, 5.74) is 7.74. The zero-order valence-electron chi connectivity index (χ0n) is 18.7. The molecule has 1 aliphatic rings. The lowest BCUT2D eigenvalue weighted by Crippen LogP contribution is -2.30. The van der Waals surface area contributed by atoms with E-state index in [1.807, 2.05) is 62.4 Å². The molecule has 4 rings (SSSR count). The highest BCUT2D eigenvalue weighted by molar-refractivity contribution is 7.18. The van der Waals surface area contributed by atoms with Crippen LogP contribution in [-0.4, -0.2) is 35.7 Å². The Balaban J connectivity index is 1.75. The second-order valence-corrected chi connectivity index (χ2v) is 8.72. The fourth-order valence-corrected chi connectivity index (χ4v) is 5.32. The van der Waals surface area contributed by atoms with E-state index in [4.69, 9.17) is 10.5 Å². The van der Waals surface area contributed by atoms with E-state index in [1.54, 1.807) is 11.8 Å². The molecular formula is C25H25N3O4S. The van der Waals surface area contributed by atoms with Crippen LogP contribution in [0.25, 0.3) is 0 Å². The van der Waals surface area contributed by atoms with Crippen LogP contribution in [0.4, 0.5) is 5.00 Å². The number of hydrogen-bond donors (Lipinski definition) is 2. The van der Waals surface area contributed by atoms with Crippen LogP contribution in [0.2, 0.25) is 0 Å². The molecule has 1 aromatic heterocycles. The molecule has 0 spiro atoms. The molecule has 0 bridgehead atoms. The van der Waals surface area contributed by atoms with Crippen molar-refractivity contribution in [3.05, 3.63) is 75.7 Å². The first-order valence-electron chi connectivity index (χ1n) is 10.8. The van der Waals surface area contributed by atoms with Crippen LogP contribution < -0.4 is 15.8 Å². The van der Waals surface area contributed by atoms with Crippen molar-refractivity contribution in [1.82, 2.24) is 4.90 Å². The fourth-order valence-electron chi connectivity index (χ4n) is 4.13. The summed E-state index contributed by atoms with van der Waals surface area (Å²) in [5.74, 6) is -0.643. The number of rotatable bonds is 6. The van der Waals surface area contributed by atoms with E-state index in [1.165, 1.54) is 0 Å². The number of nitrogens with zero attached hydrogens (tertiary/aromatic N) is 1. The summed E-state index contributed by atoms with van der Waals surface area (Å²) in [4.78, 5) is 40.9. The van der Waals surface area contributed by atoms with Crippen molar-refractivity contribution >= 4 is 34.1 Å². The van der Waals surface area contributed by atoms with Gasteiger partial charge in [-0.15, -0.1) is 11.3 Å². The molecule has 0 saturated carbocycles. The molecule has 33 heavy (non-hydrogen) atoms. The van der Waals surface area contributed by atoms with E-state index < -0.39 is 11.8 Å². The summed E-state index contributed by atoms with van der Waals surface area (Å²) < 4.78 is 5.97. The van der Waals surface area contributed by atoms with Crippen LogP contribution in [-0.2, 0) is 4.79 Å². The maximum atomic E-state index is 13.6. The summed E-state index contributed by atoms with van der Waals surface area (Å²) in [6, 6.07) is 14.7. The van der Waals surface area contributed by atoms with E-state index in [9.17, 15) is 14.4 Å². The largest absolute Gasteiger partial charge is 0.457 e. The first kappa shape index (κ1) is 22.5. The Morgan fingerprint density at radius 1 is 1.00 bits per heavy atom. The minimum atomic E-state index is -0.689. The molecule has 170 valence electrons. The van der Waals surface area contributed by atoms with Crippen molar-refractivity contribution in [2.75, 3.05) is 18.4 Å². The van der Waals surface area contributed by atoms with Gasteiger partial charge in [-0.3, -0.25) is 14.4 Å². The van der Waals surface area contributed by atoms with Crippen LogP contribution in [0.15, 0.2) is 48.5 Å². The molecule has 3 amide bonds. The molecule has 3 aromatic rings. The van der Waals surface area contributed by atoms with Crippen molar-refractivity contribution < 1.29 is 19.1 Å². The zero-order chi connectivity index (χ0) is 23.7. The highest BCUT2D eigenvalue weighted by atomic mass is 32.1. The molecule has 0 fully saturated rings. The van der Waals surface area contributed by atoms with Crippen molar-refractivity contribution in [1.29, 1.82) is 0 Å². The van der Waals surface area contributed by atoms with E-state index in [0.29, 0.717) is 35.0 Å². The van der Waals surface area contributed by atoms with Gasteiger partial charge in [0.2, 0.25) is 5.91 Å². The Bertz CT molecular complexity index is 1200. The number of hydrogen-bond acceptors (Lipinski definition) is 5. The first-order valence-corrected chi connectivity index (χ1v) is 11.6. The lowest BCUT2D eigenvalue weighted by Gasteiger charge is -2.27. The van der Waals surface area contributed by atoms with Gasteiger partial charge in [0.15, 0.2) is 0 Å². The average molecular weight is 464 g/mol. The predicted octanol–water partition coefficient (Wildman–Crippen LogP) is 4.51. The van der Waals surface area contributed by atoms with Crippen molar-refractivity contribution in [2.24, 2.45) is 5.73 Å². The number of anilines is 1. The van der Waals surface area contributed by atoms with Crippen LogP contribution >= 0.6 is 11.3 Å². The first-order chi connectivity index (χ1) is 15.9. The minimum Gasteiger partial charge on any atom is -0.457 e. The van der Waals surface area contributed by atoms with E-state index in [0.717, 1.165) is 22.5 Å². The van der Waals surface area contributed by atoms with E-state index in [2.05, 4.69) is 5.32 Å². The third kappa shape index (κ3) is 3.98. The average Bonchev–Trinajstić information content (AvgIpc) is 3.13. The number of amides is 3. The molecule has 0 radical (unpaired) electrons. The van der Waals surface area contributed by atoms with Gasteiger partial charge in [0.1, 0.15) is 16.5 Å². The van der Waals surface area contributed by atoms with Gasteiger partial charge in [0.25, 0.3) is 11.8 Å². The van der Waals surface area contributed by atoms with Gasteiger partial charge in [-0.1, -0.05) is 36.4 Å². The SMILES string of the molecule is CCN(CC)C(=O)c1sc(NC(=O)C2c3ccccc3Oc3ccccc32)c(C(N)=O)c1C. The molecule has 2 heterocycles. The van der Waals surface area contributed by atoms with Crippen molar-refractivity contribution in [3.8, 4) is 11.5 Å². The van der Waals surface area contributed by atoms with Gasteiger partial charge in [0.05, 0.1) is 16.4 Å². The van der Waals surface area contributed by atoms with E-state index >= 15 is 0 Å². The maximum Gasteiger partial charge on any atom is 0.264 e. The number of carbonyl (C=O) groups excluding carboxylic acids is 3. The Kier molecular flexibility index (Phi) is 6.20. The summed E-state index contributed by atoms with van der Waals surface area (Å²) in [5, 5.41) is 3.17. The molecule has 0 aliphatic carbocycles. The Morgan fingerprint density at radius 3 is 2.06 bits per heavy atom. The summed E-state index contributed by atoms with van der Waals surface area (Å²) >= 11 is 1.08. The fraction of sp³-hybridized carbons (Fsp3) is 0.240. The third-order valence-electron chi connectivity index (χ3n) is 5.82. The summed E-state index contributed by atoms with van der Waals surface area (Å²) in [7, 11) is 0. The van der Waals surface area contributed by atoms with Gasteiger partial charge in [-0.05, 0) is 38.5 Å². The second-order valence-electron chi connectivity index (χ2n) is 7.70. The highest BCUT2D eigenvalue weighted by Gasteiger charge is 2.34. The number of carbonyl (C=O) groups is 3. The lowest BCUT2D eigenvalue weighted by molar-refractivity contribution is -0.116. The Hall–Kier alpha value is -3.65. The van der Waals surface area contributed by atoms with Gasteiger partial charge in [-0.25, -0.2) is 0 Å². The number of nitrogens with one attached hydrogen (secondary N) is 1. The molecule has 0 unspecified atom stereocenters. The predicted molar refractivity (Wildman–Crippen MR) is 128 cm³/mol. The van der Waals surface area contributed by atoms with Gasteiger partial charge >= 0.3 is 0 Å². The molecule has 0 saturated heterocycles. The van der Waals surface area contributed by atoms with Gasteiger partial charge < -0.3 is 20.7 Å². The number of thiophene rings is 1. The molecule has 2 aromatic carbocycles. The number of primary amides is 1. The standard InChI is InChI=1S/C25H25N3O4S/c1-4-28(5-2)25(31)21-14(3)19(22(26)29)24(33-21)27-23(30)20-15-10-6-8-12-17(15)32-18-13-9-7-11-16(18)20/h6-13,20H,4-5H2,1-3H3,(H2,26,29)(H,27,30). The Labute approximate surface area is 196 Å². The number of fused-ring (bicyclic) bond motifs is 2. The monoisotopic (exact) mass is 463 g/mol. The minimum absolute atomic E-state index is 0.164. The molecule has 1 aliphatic heterocycles. The number of ether oxygens (including phenoxy) is 1. The van der Waals surface area contributed by atoms with Gasteiger partial charge in [-0.2, -0.15) is 0 Å². The van der Waals surface area contributed by atoms with Crippen LogP contribution in [0.5, 0.6) is 11.5 Å². The smallest absolute Gasteiger partial charge is 0.264 e. The number of para-hydroxylation sites is 2. The topological polar surface area (TPSA) is 102 Å². The summed E-state index contributed by atoms with van der Waals surface area (Å²) in [6.45, 7) is 6.54. The Morgan fingerprint density at radius 2 is 1.55 bits per heavy atom. The maximum absolute atomic E-state index is 13.6. The lowest BCUT2D eigenvalue weighted by atomic mass is 9.87.